The summed E-state index contributed by atoms with van der Waals surface area (Å²) in [7, 11) is 0. The van der Waals surface area contributed by atoms with Crippen LogP contribution in [0.5, 0.6) is 0 Å². The van der Waals surface area contributed by atoms with Crippen LogP contribution in [0, 0.1) is 0 Å². The van der Waals surface area contributed by atoms with Gasteiger partial charge in [0.05, 0.1) is 11.1 Å². The standard InChI is InChI=1S/C15H20N4O/c1-2-5-11(9-16)18-15-12(14(17)20)8-10-6-3-4-7-13(10)19-15/h3-4,6-8,11H,2,5,9,16H2,1H3,(H2,17,20)(H,18,19). The van der Waals surface area contributed by atoms with Gasteiger partial charge in [0.1, 0.15) is 5.82 Å². The molecule has 0 aliphatic carbocycles. The second-order valence-corrected chi connectivity index (χ2v) is 4.81. The van der Waals surface area contributed by atoms with Crippen molar-refractivity contribution in [2.75, 3.05) is 11.9 Å². The summed E-state index contributed by atoms with van der Waals surface area (Å²) in [6.45, 7) is 2.58. The van der Waals surface area contributed by atoms with E-state index in [0.29, 0.717) is 17.9 Å². The molecule has 5 nitrogen and oxygen atoms in total. The molecule has 2 aromatic rings. The van der Waals surface area contributed by atoms with Gasteiger partial charge in [-0.2, -0.15) is 0 Å². The molecule has 0 saturated carbocycles. The van der Waals surface area contributed by atoms with Crippen LogP contribution >= 0.6 is 0 Å². The number of primary amides is 1. The van der Waals surface area contributed by atoms with Crippen LogP contribution in [0.15, 0.2) is 30.3 Å². The number of fused-ring (bicyclic) bond motifs is 1. The Balaban J connectivity index is 2.43. The van der Waals surface area contributed by atoms with Gasteiger partial charge in [0, 0.05) is 18.0 Å². The summed E-state index contributed by atoms with van der Waals surface area (Å²) in [5, 5.41) is 4.13. The van der Waals surface area contributed by atoms with Crippen LogP contribution in [-0.4, -0.2) is 23.5 Å². The van der Waals surface area contributed by atoms with Gasteiger partial charge in [-0.15, -0.1) is 0 Å². The van der Waals surface area contributed by atoms with Gasteiger partial charge in [-0.1, -0.05) is 31.5 Å². The van der Waals surface area contributed by atoms with E-state index in [0.717, 1.165) is 23.7 Å². The Kier molecular flexibility index (Phi) is 4.53. The minimum atomic E-state index is -0.488. The van der Waals surface area contributed by atoms with Gasteiger partial charge in [0.2, 0.25) is 0 Å². The van der Waals surface area contributed by atoms with Crippen LogP contribution in [0.2, 0.25) is 0 Å². The topological polar surface area (TPSA) is 94.0 Å². The maximum absolute atomic E-state index is 11.6. The van der Waals surface area contributed by atoms with E-state index in [9.17, 15) is 4.79 Å². The van der Waals surface area contributed by atoms with Crippen molar-refractivity contribution in [3.63, 3.8) is 0 Å². The zero-order chi connectivity index (χ0) is 14.5. The number of nitrogens with one attached hydrogen (secondary N) is 1. The summed E-state index contributed by atoms with van der Waals surface area (Å²) >= 11 is 0. The summed E-state index contributed by atoms with van der Waals surface area (Å²) in [6.07, 6.45) is 1.93. The minimum absolute atomic E-state index is 0.0896. The average Bonchev–Trinajstić information content (AvgIpc) is 2.45. The van der Waals surface area contributed by atoms with E-state index in [1.54, 1.807) is 6.07 Å². The maximum Gasteiger partial charge on any atom is 0.252 e. The molecule has 1 amide bonds. The average molecular weight is 272 g/mol. The molecule has 20 heavy (non-hydrogen) atoms. The Morgan fingerprint density at radius 1 is 1.40 bits per heavy atom. The molecule has 1 unspecified atom stereocenters. The van der Waals surface area contributed by atoms with E-state index in [-0.39, 0.29) is 6.04 Å². The lowest BCUT2D eigenvalue weighted by atomic mass is 10.1. The molecule has 2 rings (SSSR count). The third-order valence-corrected chi connectivity index (χ3v) is 3.25. The molecular formula is C15H20N4O. The lowest BCUT2D eigenvalue weighted by Crippen LogP contribution is -2.30. The van der Waals surface area contributed by atoms with Crippen molar-refractivity contribution in [3.8, 4) is 0 Å². The number of para-hydroxylation sites is 1. The Bertz CT molecular complexity index is 612. The highest BCUT2D eigenvalue weighted by atomic mass is 16.1. The van der Waals surface area contributed by atoms with Gasteiger partial charge in [0.25, 0.3) is 5.91 Å². The number of carbonyl (C=O) groups excluding carboxylic acids is 1. The van der Waals surface area contributed by atoms with Crippen molar-refractivity contribution < 1.29 is 4.79 Å². The molecule has 0 fully saturated rings. The number of nitrogens with zero attached hydrogens (tertiary/aromatic N) is 1. The molecule has 0 bridgehead atoms. The zero-order valence-electron chi connectivity index (χ0n) is 11.6. The van der Waals surface area contributed by atoms with Gasteiger partial charge in [-0.05, 0) is 18.6 Å². The van der Waals surface area contributed by atoms with Gasteiger partial charge >= 0.3 is 0 Å². The number of amides is 1. The third kappa shape index (κ3) is 3.05. The van der Waals surface area contributed by atoms with Crippen molar-refractivity contribution in [2.45, 2.75) is 25.8 Å². The second-order valence-electron chi connectivity index (χ2n) is 4.81. The summed E-state index contributed by atoms with van der Waals surface area (Å²) in [5.41, 5.74) is 12.4. The smallest absolute Gasteiger partial charge is 0.252 e. The van der Waals surface area contributed by atoms with E-state index in [1.807, 2.05) is 24.3 Å². The lowest BCUT2D eigenvalue weighted by Gasteiger charge is -2.18. The number of rotatable bonds is 6. The fourth-order valence-corrected chi connectivity index (χ4v) is 2.20. The summed E-state index contributed by atoms with van der Waals surface area (Å²) in [6, 6.07) is 9.49. The Morgan fingerprint density at radius 3 is 2.80 bits per heavy atom. The largest absolute Gasteiger partial charge is 0.365 e. The highest BCUT2D eigenvalue weighted by Crippen LogP contribution is 2.21. The summed E-state index contributed by atoms with van der Waals surface area (Å²) in [4.78, 5) is 16.1. The normalized spacial score (nSPS) is 12.3. The first kappa shape index (κ1) is 14.3. The van der Waals surface area contributed by atoms with Crippen LogP contribution in [0.3, 0.4) is 0 Å². The molecule has 0 aliphatic heterocycles. The first-order valence-corrected chi connectivity index (χ1v) is 6.82. The Morgan fingerprint density at radius 2 is 2.15 bits per heavy atom. The fourth-order valence-electron chi connectivity index (χ4n) is 2.20. The van der Waals surface area contributed by atoms with E-state index >= 15 is 0 Å². The highest BCUT2D eigenvalue weighted by molar-refractivity contribution is 6.01. The van der Waals surface area contributed by atoms with Crippen LogP contribution < -0.4 is 16.8 Å². The molecule has 1 aromatic carbocycles. The number of anilines is 1. The molecule has 1 heterocycles. The monoisotopic (exact) mass is 272 g/mol. The molecule has 0 radical (unpaired) electrons. The number of carbonyl (C=O) groups is 1. The molecule has 0 aliphatic rings. The maximum atomic E-state index is 11.6. The van der Waals surface area contributed by atoms with Gasteiger partial charge < -0.3 is 16.8 Å². The number of nitrogens with two attached hydrogens (primary N) is 2. The van der Waals surface area contributed by atoms with Gasteiger partial charge in [0.15, 0.2) is 0 Å². The predicted octanol–water partition coefficient (Wildman–Crippen LogP) is 1.87. The van der Waals surface area contributed by atoms with Crippen molar-refractivity contribution >= 4 is 22.6 Å². The molecular weight excluding hydrogens is 252 g/mol. The highest BCUT2D eigenvalue weighted by Gasteiger charge is 2.14. The van der Waals surface area contributed by atoms with Crippen LogP contribution in [0.1, 0.15) is 30.1 Å². The Hall–Kier alpha value is -2.14. The van der Waals surface area contributed by atoms with E-state index in [2.05, 4.69) is 17.2 Å². The van der Waals surface area contributed by atoms with Crippen molar-refractivity contribution in [2.24, 2.45) is 11.5 Å². The number of hydrogen-bond donors (Lipinski definition) is 3. The number of pyridine rings is 1. The van der Waals surface area contributed by atoms with Crippen molar-refractivity contribution in [1.82, 2.24) is 4.98 Å². The molecule has 1 atom stereocenters. The van der Waals surface area contributed by atoms with Crippen LogP contribution in [0.25, 0.3) is 10.9 Å². The molecule has 106 valence electrons. The SMILES string of the molecule is CCCC(CN)Nc1nc2ccccc2cc1C(N)=O. The summed E-state index contributed by atoms with van der Waals surface area (Å²) in [5.74, 6) is 0.0260. The first-order valence-electron chi connectivity index (χ1n) is 6.82. The fraction of sp³-hybridized carbons (Fsp3) is 0.333. The number of hydrogen-bond acceptors (Lipinski definition) is 4. The zero-order valence-corrected chi connectivity index (χ0v) is 11.6. The molecule has 0 spiro atoms. The minimum Gasteiger partial charge on any atom is -0.365 e. The van der Waals surface area contributed by atoms with Crippen LogP contribution in [-0.2, 0) is 0 Å². The lowest BCUT2D eigenvalue weighted by molar-refractivity contribution is 0.100. The quantitative estimate of drug-likeness (QED) is 0.748. The van der Waals surface area contributed by atoms with Crippen LogP contribution in [0.4, 0.5) is 5.82 Å². The third-order valence-electron chi connectivity index (χ3n) is 3.25. The molecule has 5 N–H and O–H groups in total. The van der Waals surface area contributed by atoms with E-state index in [1.165, 1.54) is 0 Å². The number of aromatic nitrogens is 1. The second kappa shape index (κ2) is 6.34. The summed E-state index contributed by atoms with van der Waals surface area (Å²) < 4.78 is 0. The van der Waals surface area contributed by atoms with E-state index in [4.69, 9.17) is 11.5 Å². The Labute approximate surface area is 118 Å². The first-order chi connectivity index (χ1) is 9.65. The molecule has 1 aromatic heterocycles. The molecule has 0 saturated heterocycles. The van der Waals surface area contributed by atoms with E-state index < -0.39 is 5.91 Å². The number of benzene rings is 1. The molecule has 5 heteroatoms. The van der Waals surface area contributed by atoms with Gasteiger partial charge in [-0.3, -0.25) is 4.79 Å². The van der Waals surface area contributed by atoms with Crippen molar-refractivity contribution in [3.05, 3.63) is 35.9 Å². The van der Waals surface area contributed by atoms with Crippen molar-refractivity contribution in [1.29, 1.82) is 0 Å². The van der Waals surface area contributed by atoms with Gasteiger partial charge in [-0.25, -0.2) is 4.98 Å². The predicted molar refractivity (Wildman–Crippen MR) is 81.6 cm³/mol.